The van der Waals surface area contributed by atoms with Gasteiger partial charge in [-0.3, -0.25) is 9.98 Å². The lowest BCUT2D eigenvalue weighted by molar-refractivity contribution is 0.414. The van der Waals surface area contributed by atoms with Crippen LogP contribution in [0, 0.1) is 0 Å². The lowest BCUT2D eigenvalue weighted by Crippen LogP contribution is -2.07. The molecule has 264 valence electrons. The third-order valence-corrected chi connectivity index (χ3v) is 12.3. The number of aromatic hydroxyl groups is 2. The fraction of sp³-hybridized carbons (Fsp3) is 0.156. The van der Waals surface area contributed by atoms with Crippen molar-refractivity contribution in [3.63, 3.8) is 0 Å². The van der Waals surface area contributed by atoms with Gasteiger partial charge in [0, 0.05) is 55.7 Å². The van der Waals surface area contributed by atoms with E-state index >= 15 is 0 Å². The lowest BCUT2D eigenvalue weighted by Gasteiger charge is -2.20. The Hall–Kier alpha value is -5.44. The van der Waals surface area contributed by atoms with Crippen LogP contribution < -0.4 is 9.47 Å². The van der Waals surface area contributed by atoms with Gasteiger partial charge in [-0.2, -0.15) is 0 Å². The first-order chi connectivity index (χ1) is 25.9. The minimum Gasteiger partial charge on any atom is -0.508 e. The van der Waals surface area contributed by atoms with Gasteiger partial charge in [0.2, 0.25) is 0 Å². The minimum absolute atomic E-state index is 0.0621. The maximum Gasteiger partial charge on any atom is 0.119 e. The summed E-state index contributed by atoms with van der Waals surface area (Å²) in [5, 5.41) is 22.5. The molecule has 0 aromatic heterocycles. The van der Waals surface area contributed by atoms with Crippen LogP contribution in [0.5, 0.6) is 23.0 Å². The molecular formula is C45H38N2O4S2. The van der Waals surface area contributed by atoms with Crippen molar-refractivity contribution in [1.29, 1.82) is 0 Å². The van der Waals surface area contributed by atoms with E-state index in [2.05, 4.69) is 24.3 Å². The average Bonchev–Trinajstić information content (AvgIpc) is 3.52. The molecule has 6 nitrogen and oxygen atoms in total. The molecule has 0 fully saturated rings. The molecule has 6 aromatic rings. The van der Waals surface area contributed by atoms with E-state index in [1.54, 1.807) is 37.7 Å². The fourth-order valence-electron chi connectivity index (χ4n) is 6.88. The van der Waals surface area contributed by atoms with E-state index in [0.29, 0.717) is 19.3 Å². The number of phenolic OH excluding ortho intramolecular Hbond substituents is 2. The van der Waals surface area contributed by atoms with Crippen LogP contribution in [0.4, 0.5) is 11.4 Å². The number of hydrogen-bond acceptors (Lipinski definition) is 8. The van der Waals surface area contributed by atoms with Crippen LogP contribution in [-0.4, -0.2) is 35.9 Å². The number of aliphatic imine (C=N–C) groups is 2. The van der Waals surface area contributed by atoms with Crippen molar-refractivity contribution >= 4 is 46.3 Å². The number of para-hydroxylation sites is 2. The summed E-state index contributed by atoms with van der Waals surface area (Å²) >= 11 is 3.47. The highest BCUT2D eigenvalue weighted by Gasteiger charge is 2.27. The van der Waals surface area contributed by atoms with E-state index in [1.807, 2.05) is 109 Å². The monoisotopic (exact) mass is 734 g/mol. The number of rotatable bonds is 8. The number of nitrogens with zero attached hydrogens (tertiary/aromatic N) is 2. The lowest BCUT2D eigenvalue weighted by atomic mass is 9.95. The Balaban J connectivity index is 1.09. The number of ether oxygens (including phenoxy) is 2. The predicted octanol–water partition coefficient (Wildman–Crippen LogP) is 11.4. The topological polar surface area (TPSA) is 83.6 Å². The van der Waals surface area contributed by atoms with Crippen LogP contribution in [0.2, 0.25) is 0 Å². The zero-order chi connectivity index (χ0) is 36.3. The molecule has 6 aromatic carbocycles. The number of benzene rings is 6. The number of hydrogen-bond donors (Lipinski definition) is 2. The minimum atomic E-state index is -0.0621. The van der Waals surface area contributed by atoms with Gasteiger partial charge in [-0.05, 0) is 114 Å². The first kappa shape index (κ1) is 34.6. The molecule has 0 saturated carbocycles. The molecule has 0 aliphatic carbocycles. The standard InChI is InChI=1S/C45H38N2O4S2/c1-50-32-17-13-30(14-18-32)38-26-44(52-42-9-5-3-7-36(42)46-38)34-24-28(11-21-40(34)48)23-29-12-22-41(49)35(25-29)45-27-39(31-15-19-33(51-2)20-16-31)47-37-8-4-6-10-43(37)53-45/h3-22,24-25,44-45,48-49H,23,26-27H2,1-2H3. The van der Waals surface area contributed by atoms with Crippen LogP contribution in [-0.2, 0) is 6.42 Å². The van der Waals surface area contributed by atoms with E-state index in [1.165, 1.54) is 0 Å². The Bertz CT molecular complexity index is 2170. The molecule has 8 rings (SSSR count). The van der Waals surface area contributed by atoms with Crippen LogP contribution in [0.1, 0.15) is 56.7 Å². The normalized spacial score (nSPS) is 16.6. The summed E-state index contributed by atoms with van der Waals surface area (Å²) in [6.07, 6.45) is 1.93. The molecule has 0 radical (unpaired) electrons. The summed E-state index contributed by atoms with van der Waals surface area (Å²) in [6.45, 7) is 0. The van der Waals surface area contributed by atoms with Crippen LogP contribution in [0.25, 0.3) is 0 Å². The van der Waals surface area contributed by atoms with E-state index in [9.17, 15) is 10.2 Å². The van der Waals surface area contributed by atoms with Crippen molar-refractivity contribution in [3.8, 4) is 23.0 Å². The highest BCUT2D eigenvalue weighted by molar-refractivity contribution is 8.00. The Morgan fingerprint density at radius 3 is 1.38 bits per heavy atom. The molecule has 2 aliphatic rings. The van der Waals surface area contributed by atoms with Crippen LogP contribution in [0.3, 0.4) is 0 Å². The van der Waals surface area contributed by atoms with Crippen molar-refractivity contribution in [2.24, 2.45) is 9.98 Å². The summed E-state index contributed by atoms with van der Waals surface area (Å²) in [5.41, 5.74) is 9.74. The van der Waals surface area contributed by atoms with Gasteiger partial charge in [0.15, 0.2) is 0 Å². The molecule has 0 bridgehead atoms. The van der Waals surface area contributed by atoms with Gasteiger partial charge < -0.3 is 19.7 Å². The first-order valence-electron chi connectivity index (χ1n) is 17.5. The van der Waals surface area contributed by atoms with Crippen LogP contribution >= 0.6 is 23.5 Å². The second-order valence-electron chi connectivity index (χ2n) is 13.1. The molecule has 0 spiro atoms. The van der Waals surface area contributed by atoms with Crippen molar-refractivity contribution in [2.75, 3.05) is 14.2 Å². The van der Waals surface area contributed by atoms with Crippen molar-refractivity contribution in [2.45, 2.75) is 39.6 Å². The van der Waals surface area contributed by atoms with Gasteiger partial charge in [0.1, 0.15) is 23.0 Å². The third-order valence-electron chi connectivity index (χ3n) is 9.67. The van der Waals surface area contributed by atoms with E-state index in [4.69, 9.17) is 19.5 Å². The molecule has 2 heterocycles. The zero-order valence-electron chi connectivity index (χ0n) is 29.4. The smallest absolute Gasteiger partial charge is 0.119 e. The number of phenols is 2. The molecule has 0 saturated heterocycles. The van der Waals surface area contributed by atoms with Gasteiger partial charge in [0.25, 0.3) is 0 Å². The zero-order valence-corrected chi connectivity index (χ0v) is 31.0. The Morgan fingerprint density at radius 1 is 0.547 bits per heavy atom. The van der Waals surface area contributed by atoms with E-state index < -0.39 is 0 Å². The average molecular weight is 735 g/mol. The number of fused-ring (bicyclic) bond motifs is 2. The predicted molar refractivity (Wildman–Crippen MR) is 217 cm³/mol. The van der Waals surface area contributed by atoms with Gasteiger partial charge in [-0.15, -0.1) is 23.5 Å². The van der Waals surface area contributed by atoms with Crippen molar-refractivity contribution < 1.29 is 19.7 Å². The highest BCUT2D eigenvalue weighted by atomic mass is 32.2. The largest absolute Gasteiger partial charge is 0.508 e. The summed E-state index contributed by atoms with van der Waals surface area (Å²) in [4.78, 5) is 12.4. The SMILES string of the molecule is COc1ccc(C2=Nc3ccccc3SC(c3cc(Cc4ccc(O)c(C5CC(c6ccc(OC)cc6)=Nc6ccccc6S5)c4)ccc3O)C2)cc1. The molecular weight excluding hydrogens is 697 g/mol. The maximum absolute atomic E-state index is 11.3. The van der Waals surface area contributed by atoms with Gasteiger partial charge in [-0.1, -0.05) is 48.5 Å². The molecule has 2 N–H and O–H groups in total. The molecule has 8 heteroatoms. The molecule has 0 amide bonds. The Kier molecular flexibility index (Phi) is 9.98. The number of methoxy groups -OCH3 is 2. The van der Waals surface area contributed by atoms with Gasteiger partial charge in [0.05, 0.1) is 25.6 Å². The fourth-order valence-corrected chi connectivity index (χ4v) is 9.39. The molecule has 53 heavy (non-hydrogen) atoms. The number of thioether (sulfide) groups is 2. The summed E-state index contributed by atoms with van der Waals surface area (Å²) in [6, 6.07) is 44.2. The quantitative estimate of drug-likeness (QED) is 0.162. The van der Waals surface area contributed by atoms with E-state index in [0.717, 1.165) is 77.5 Å². The Morgan fingerprint density at radius 2 is 0.962 bits per heavy atom. The maximum atomic E-state index is 11.3. The summed E-state index contributed by atoms with van der Waals surface area (Å²) < 4.78 is 10.8. The van der Waals surface area contributed by atoms with Crippen LogP contribution in [0.15, 0.2) is 153 Å². The second kappa shape index (κ2) is 15.3. The van der Waals surface area contributed by atoms with Crippen molar-refractivity contribution in [1.82, 2.24) is 0 Å². The van der Waals surface area contributed by atoms with Gasteiger partial charge >= 0.3 is 0 Å². The third kappa shape index (κ3) is 7.56. The summed E-state index contributed by atoms with van der Waals surface area (Å²) in [5.74, 6) is 2.13. The first-order valence-corrected chi connectivity index (χ1v) is 19.3. The van der Waals surface area contributed by atoms with Gasteiger partial charge in [-0.25, -0.2) is 0 Å². The molecule has 2 unspecified atom stereocenters. The summed E-state index contributed by atoms with van der Waals surface area (Å²) in [7, 11) is 3.33. The van der Waals surface area contributed by atoms with E-state index in [-0.39, 0.29) is 22.0 Å². The molecule has 2 aliphatic heterocycles. The molecule has 2 atom stereocenters. The van der Waals surface area contributed by atoms with Crippen molar-refractivity contribution in [3.05, 3.63) is 167 Å². The second-order valence-corrected chi connectivity index (χ2v) is 15.6. The highest BCUT2D eigenvalue weighted by Crippen LogP contribution is 2.49. The Labute approximate surface area is 318 Å².